The fraction of sp³-hybridized carbons (Fsp3) is 0.167. The number of aromatic amines is 2. The predicted octanol–water partition coefficient (Wildman–Crippen LogP) is 6.04. The number of nitrogens with one attached hydrogen (secondary N) is 3. The molecule has 1 fully saturated rings. The number of thiophene rings is 1. The van der Waals surface area contributed by atoms with E-state index in [4.69, 9.17) is 0 Å². The van der Waals surface area contributed by atoms with Crippen molar-refractivity contribution < 1.29 is 4.39 Å². The van der Waals surface area contributed by atoms with E-state index in [-0.39, 0.29) is 10.8 Å². The summed E-state index contributed by atoms with van der Waals surface area (Å²) in [5.74, 6) is 0.403. The Kier molecular flexibility index (Phi) is 7.07. The Balaban J connectivity index is 1.59. The molecule has 1 aliphatic rings. The van der Waals surface area contributed by atoms with Crippen LogP contribution in [-0.4, -0.2) is 25.1 Å². The maximum Gasteiger partial charge on any atom is 0.178 e. The van der Waals surface area contributed by atoms with Gasteiger partial charge in [-0.3, -0.25) is 5.10 Å². The molecule has 0 radical (unpaired) electrons. The molecule has 0 bridgehead atoms. The second-order valence-electron chi connectivity index (χ2n) is 9.07. The van der Waals surface area contributed by atoms with E-state index in [9.17, 15) is 0 Å². The van der Waals surface area contributed by atoms with Gasteiger partial charge in [0.15, 0.2) is 11.5 Å². The van der Waals surface area contributed by atoms with Crippen molar-refractivity contribution in [3.05, 3.63) is 100 Å². The van der Waals surface area contributed by atoms with Crippen LogP contribution in [0, 0.1) is 5.92 Å². The molecular weight excluding hydrogens is 495 g/mol. The van der Waals surface area contributed by atoms with Crippen LogP contribution in [0.15, 0.2) is 89.6 Å². The smallest absolute Gasteiger partial charge is 0.178 e. The fourth-order valence-corrected chi connectivity index (χ4v) is 4.95. The highest BCUT2D eigenvalue weighted by Crippen LogP contribution is 2.35. The zero-order chi connectivity index (χ0) is 26.8. The molecule has 5 rings (SSSR count). The maximum absolute atomic E-state index is 16.3. The van der Waals surface area contributed by atoms with E-state index >= 15 is 4.39 Å². The third-order valence-electron chi connectivity index (χ3n) is 6.58. The Bertz CT molecular complexity index is 1730. The van der Waals surface area contributed by atoms with Crippen LogP contribution in [0.4, 0.5) is 4.39 Å². The number of nitrogens with zero attached hydrogens (tertiary/aromatic N) is 3. The third kappa shape index (κ3) is 4.82. The van der Waals surface area contributed by atoms with E-state index in [0.717, 1.165) is 40.9 Å². The van der Waals surface area contributed by atoms with E-state index in [1.807, 2.05) is 43.5 Å². The quantitative estimate of drug-likeness (QED) is 0.233. The van der Waals surface area contributed by atoms with Crippen LogP contribution >= 0.6 is 11.3 Å². The molecule has 38 heavy (non-hydrogen) atoms. The van der Waals surface area contributed by atoms with Gasteiger partial charge in [-0.2, -0.15) is 16.4 Å². The van der Waals surface area contributed by atoms with Gasteiger partial charge in [0, 0.05) is 28.7 Å². The molecular formula is C30H29FN6S. The fourth-order valence-electron chi connectivity index (χ4n) is 4.29. The van der Waals surface area contributed by atoms with Crippen molar-refractivity contribution >= 4 is 34.4 Å². The summed E-state index contributed by atoms with van der Waals surface area (Å²) >= 11 is 1.62. The molecule has 0 saturated heterocycles. The van der Waals surface area contributed by atoms with Gasteiger partial charge < -0.3 is 10.3 Å². The molecule has 4 aromatic rings. The Labute approximate surface area is 224 Å². The number of aromatic nitrogens is 5. The van der Waals surface area contributed by atoms with Crippen LogP contribution < -0.4 is 15.9 Å². The predicted molar refractivity (Wildman–Crippen MR) is 155 cm³/mol. The van der Waals surface area contributed by atoms with Crippen molar-refractivity contribution in [2.45, 2.75) is 26.7 Å². The lowest BCUT2D eigenvalue weighted by Crippen LogP contribution is -2.26. The van der Waals surface area contributed by atoms with Crippen LogP contribution in [0.5, 0.6) is 0 Å². The van der Waals surface area contributed by atoms with Gasteiger partial charge in [0.1, 0.15) is 11.5 Å². The molecule has 0 atom stereocenters. The van der Waals surface area contributed by atoms with Crippen molar-refractivity contribution in [2.75, 3.05) is 0 Å². The lowest BCUT2D eigenvalue weighted by molar-refractivity contribution is 0.751. The number of allylic oxidation sites excluding steroid dienone is 6. The van der Waals surface area contributed by atoms with E-state index in [0.29, 0.717) is 34.0 Å². The molecule has 4 aromatic heterocycles. The first kappa shape index (κ1) is 25.4. The molecule has 1 saturated carbocycles. The van der Waals surface area contributed by atoms with Crippen LogP contribution in [0.25, 0.3) is 45.7 Å². The first-order chi connectivity index (χ1) is 18.4. The van der Waals surface area contributed by atoms with Crippen LogP contribution in [-0.2, 0) is 0 Å². The van der Waals surface area contributed by atoms with Gasteiger partial charge >= 0.3 is 0 Å². The monoisotopic (exact) mass is 524 g/mol. The van der Waals surface area contributed by atoms with Gasteiger partial charge in [0.25, 0.3) is 0 Å². The number of H-pyrrole nitrogens is 2. The summed E-state index contributed by atoms with van der Waals surface area (Å²) in [5.41, 5.74) is 6.23. The van der Waals surface area contributed by atoms with E-state index < -0.39 is 5.83 Å². The van der Waals surface area contributed by atoms with E-state index in [1.54, 1.807) is 29.7 Å². The number of hydrogen-bond acceptors (Lipinski definition) is 5. The molecule has 192 valence electrons. The Hall–Kier alpha value is -4.30. The Morgan fingerprint density at radius 1 is 1.24 bits per heavy atom. The van der Waals surface area contributed by atoms with E-state index in [2.05, 4.69) is 55.6 Å². The first-order valence-electron chi connectivity index (χ1n) is 12.4. The molecule has 8 heteroatoms. The SMILES string of the molecule is C=C/C(=C\C(=C/C)C(=C)/C(F)=c1/c(-c2nc3nccc(-c4ccsc4)c3[nH]2)n[nH]/c1=C/C)NC(=C)C1CC1. The summed E-state index contributed by atoms with van der Waals surface area (Å²) in [7, 11) is 0. The van der Waals surface area contributed by atoms with Crippen LogP contribution in [0.1, 0.15) is 26.7 Å². The minimum absolute atomic E-state index is 0.227. The number of pyridine rings is 1. The Morgan fingerprint density at radius 3 is 2.71 bits per heavy atom. The highest BCUT2D eigenvalue weighted by atomic mass is 32.1. The van der Waals surface area contributed by atoms with Crippen LogP contribution in [0.3, 0.4) is 0 Å². The van der Waals surface area contributed by atoms with Crippen molar-refractivity contribution in [1.29, 1.82) is 0 Å². The molecule has 0 spiro atoms. The summed E-state index contributed by atoms with van der Waals surface area (Å²) in [6.07, 6.45) is 11.1. The molecule has 1 aliphatic carbocycles. The maximum atomic E-state index is 16.3. The minimum Gasteiger partial charge on any atom is -0.359 e. The summed E-state index contributed by atoms with van der Waals surface area (Å²) in [6, 6.07) is 3.98. The molecule has 3 N–H and O–H groups in total. The number of fused-ring (bicyclic) bond motifs is 1. The zero-order valence-corrected chi connectivity index (χ0v) is 22.3. The van der Waals surface area contributed by atoms with Crippen molar-refractivity contribution in [2.24, 2.45) is 5.92 Å². The lowest BCUT2D eigenvalue weighted by Gasteiger charge is -2.11. The number of hydrogen-bond donors (Lipinski definition) is 3. The lowest BCUT2D eigenvalue weighted by atomic mass is 10.0. The molecule has 0 aromatic carbocycles. The number of rotatable bonds is 9. The summed E-state index contributed by atoms with van der Waals surface area (Å²) in [6.45, 7) is 15.8. The molecule has 0 aliphatic heterocycles. The van der Waals surface area contributed by atoms with Gasteiger partial charge in [-0.05, 0) is 78.8 Å². The number of halogens is 1. The largest absolute Gasteiger partial charge is 0.359 e. The molecule has 6 nitrogen and oxygen atoms in total. The normalized spacial score (nSPS) is 15.6. The Morgan fingerprint density at radius 2 is 2.05 bits per heavy atom. The number of imidazole rings is 1. The average Bonchev–Trinajstić information content (AvgIpc) is 3.31. The second kappa shape index (κ2) is 10.6. The summed E-state index contributed by atoms with van der Waals surface area (Å²) in [4.78, 5) is 12.4. The van der Waals surface area contributed by atoms with Gasteiger partial charge in [-0.25, -0.2) is 14.4 Å². The van der Waals surface area contributed by atoms with E-state index in [1.165, 1.54) is 0 Å². The topological polar surface area (TPSA) is 82.3 Å². The molecule has 0 unspecified atom stereocenters. The van der Waals surface area contributed by atoms with Crippen molar-refractivity contribution in [1.82, 2.24) is 30.5 Å². The van der Waals surface area contributed by atoms with Gasteiger partial charge in [0.2, 0.25) is 0 Å². The van der Waals surface area contributed by atoms with Gasteiger partial charge in [0.05, 0.1) is 16.1 Å². The molecule has 0 amide bonds. The zero-order valence-electron chi connectivity index (χ0n) is 21.4. The van der Waals surface area contributed by atoms with Crippen molar-refractivity contribution in [3.63, 3.8) is 0 Å². The first-order valence-corrected chi connectivity index (χ1v) is 13.3. The highest BCUT2D eigenvalue weighted by molar-refractivity contribution is 7.08. The summed E-state index contributed by atoms with van der Waals surface area (Å²) < 4.78 is 16.3. The van der Waals surface area contributed by atoms with Gasteiger partial charge in [-0.1, -0.05) is 31.9 Å². The molecule has 4 heterocycles. The van der Waals surface area contributed by atoms with Gasteiger partial charge in [-0.15, -0.1) is 0 Å². The highest BCUT2D eigenvalue weighted by Gasteiger charge is 2.25. The van der Waals surface area contributed by atoms with Crippen molar-refractivity contribution in [3.8, 4) is 22.6 Å². The second-order valence-corrected chi connectivity index (χ2v) is 9.85. The van der Waals surface area contributed by atoms with Crippen LogP contribution in [0.2, 0.25) is 0 Å². The summed E-state index contributed by atoms with van der Waals surface area (Å²) in [5, 5.41) is 15.6. The minimum atomic E-state index is -0.498. The third-order valence-corrected chi connectivity index (χ3v) is 7.26. The standard InChI is InChI=1S/C30H29FN6S/c1-6-19(15-22(7-2)33-18(5)20-9-10-20)17(4)26(31)25-24(8-3)36-37-28(25)30-34-27-23(21-12-14-38-16-21)11-13-32-29(27)35-30/h6-8,11-16,20,33,36H,2,4-5,9-10H2,1,3H3,(H,32,34,35)/b19-6+,22-15+,24-8+,26-25-. The average molecular weight is 525 g/mol.